The van der Waals surface area contributed by atoms with Gasteiger partial charge >= 0.3 is 0 Å². The molecule has 1 aliphatic heterocycles. The summed E-state index contributed by atoms with van der Waals surface area (Å²) >= 11 is 0. The van der Waals surface area contributed by atoms with Crippen LogP contribution in [0.4, 0.5) is 0 Å². The Balaban J connectivity index is 1.37. The molecule has 0 atom stereocenters. The number of pyridine rings is 1. The third-order valence-electron chi connectivity index (χ3n) is 5.44. The van der Waals surface area contributed by atoms with Gasteiger partial charge in [-0.05, 0) is 36.4 Å². The van der Waals surface area contributed by atoms with E-state index < -0.39 is 10.0 Å². The average Bonchev–Trinajstić information content (AvgIpc) is 2.76. The molecule has 1 aliphatic rings. The quantitative estimate of drug-likeness (QED) is 0.565. The number of hydrogen-bond acceptors (Lipinski definition) is 5. The van der Waals surface area contributed by atoms with Crippen molar-refractivity contribution in [2.24, 2.45) is 0 Å². The van der Waals surface area contributed by atoms with Gasteiger partial charge in [0, 0.05) is 30.1 Å². The number of amides is 1. The molecule has 0 N–H and O–H groups in total. The fraction of sp³-hybridized carbons (Fsp3) is 0.304. The van der Waals surface area contributed by atoms with Gasteiger partial charge in [-0.25, -0.2) is 13.4 Å². The number of carbonyl (C=O) groups is 1. The molecule has 162 valence electrons. The Bertz CT molecular complexity index is 1180. The number of rotatable bonds is 7. The number of hydrogen-bond donors (Lipinski definition) is 0. The second kappa shape index (κ2) is 8.64. The number of carbonyl (C=O) groups excluding carboxylic acids is 1. The molecule has 1 fully saturated rings. The molecule has 2 heterocycles. The van der Waals surface area contributed by atoms with E-state index in [0.29, 0.717) is 37.6 Å². The van der Waals surface area contributed by atoms with Crippen LogP contribution in [0.5, 0.6) is 5.88 Å². The summed E-state index contributed by atoms with van der Waals surface area (Å²) in [5, 5.41) is 1.05. The molecule has 0 unspecified atom stereocenters. The smallest absolute Gasteiger partial charge is 0.254 e. The van der Waals surface area contributed by atoms with E-state index in [2.05, 4.69) is 4.98 Å². The van der Waals surface area contributed by atoms with Crippen LogP contribution in [-0.4, -0.2) is 60.8 Å². The maximum Gasteiger partial charge on any atom is 0.254 e. The van der Waals surface area contributed by atoms with E-state index in [1.807, 2.05) is 36.4 Å². The number of nitrogens with zero attached hydrogens (tertiary/aromatic N) is 3. The first-order chi connectivity index (χ1) is 14.9. The van der Waals surface area contributed by atoms with Crippen LogP contribution in [0.2, 0.25) is 0 Å². The fourth-order valence-electron chi connectivity index (χ4n) is 3.63. The Labute approximate surface area is 182 Å². The largest absolute Gasteiger partial charge is 0.471 e. The molecule has 1 saturated heterocycles. The van der Waals surface area contributed by atoms with Crippen LogP contribution in [0.25, 0.3) is 10.9 Å². The molecule has 0 spiro atoms. The lowest BCUT2D eigenvalue weighted by Gasteiger charge is -2.38. The van der Waals surface area contributed by atoms with Crippen molar-refractivity contribution in [3.05, 3.63) is 66.2 Å². The molecule has 4 rings (SSSR count). The van der Waals surface area contributed by atoms with Crippen LogP contribution in [0, 0.1) is 0 Å². The molecule has 7 nitrogen and oxygen atoms in total. The number of fused-ring (bicyclic) bond motifs is 1. The van der Waals surface area contributed by atoms with Crippen molar-refractivity contribution in [2.75, 3.05) is 26.2 Å². The van der Waals surface area contributed by atoms with Crippen molar-refractivity contribution >= 4 is 26.8 Å². The Morgan fingerprint density at radius 3 is 2.39 bits per heavy atom. The van der Waals surface area contributed by atoms with E-state index in [1.165, 1.54) is 16.4 Å². The normalized spacial score (nSPS) is 14.6. The summed E-state index contributed by atoms with van der Waals surface area (Å²) in [7, 11) is -3.53. The minimum absolute atomic E-state index is 0.111. The number of para-hydroxylation sites is 1. The average molecular weight is 440 g/mol. The standard InChI is InChI=1S/C23H25N3O4S/c1-3-26(4-2)31(28,29)20-12-9-18(10-13-20)23(27)25-15-19(16-25)30-22-14-11-17-7-5-6-8-21(17)24-22/h5-14,19H,3-4,15-16H2,1-2H3. The third kappa shape index (κ3) is 4.26. The summed E-state index contributed by atoms with van der Waals surface area (Å²) < 4.78 is 32.5. The maximum absolute atomic E-state index is 12.7. The van der Waals surface area contributed by atoms with Crippen LogP contribution in [0.15, 0.2) is 65.6 Å². The molecular weight excluding hydrogens is 414 g/mol. The molecule has 1 aromatic heterocycles. The summed E-state index contributed by atoms with van der Waals surface area (Å²) in [6.07, 6.45) is -0.111. The van der Waals surface area contributed by atoms with Crippen molar-refractivity contribution in [1.82, 2.24) is 14.2 Å². The van der Waals surface area contributed by atoms with Gasteiger partial charge in [0.15, 0.2) is 0 Å². The zero-order valence-corrected chi connectivity index (χ0v) is 18.4. The van der Waals surface area contributed by atoms with E-state index in [4.69, 9.17) is 4.74 Å². The van der Waals surface area contributed by atoms with E-state index in [0.717, 1.165) is 10.9 Å². The van der Waals surface area contributed by atoms with Crippen molar-refractivity contribution in [3.8, 4) is 5.88 Å². The Hall–Kier alpha value is -2.97. The number of aromatic nitrogens is 1. The minimum atomic E-state index is -3.53. The van der Waals surface area contributed by atoms with Gasteiger partial charge in [0.05, 0.1) is 23.5 Å². The molecule has 0 bridgehead atoms. The van der Waals surface area contributed by atoms with Gasteiger partial charge in [-0.2, -0.15) is 4.31 Å². The molecule has 0 radical (unpaired) electrons. The van der Waals surface area contributed by atoms with Crippen LogP contribution >= 0.6 is 0 Å². The van der Waals surface area contributed by atoms with E-state index >= 15 is 0 Å². The molecule has 0 saturated carbocycles. The summed E-state index contributed by atoms with van der Waals surface area (Å²) in [4.78, 5) is 19.1. The van der Waals surface area contributed by atoms with Crippen molar-refractivity contribution < 1.29 is 17.9 Å². The van der Waals surface area contributed by atoms with Gasteiger partial charge in [0.25, 0.3) is 5.91 Å². The predicted molar refractivity (Wildman–Crippen MR) is 119 cm³/mol. The van der Waals surface area contributed by atoms with Gasteiger partial charge < -0.3 is 9.64 Å². The first-order valence-electron chi connectivity index (χ1n) is 10.3. The number of benzene rings is 2. The van der Waals surface area contributed by atoms with Crippen molar-refractivity contribution in [1.29, 1.82) is 0 Å². The Kier molecular flexibility index (Phi) is 5.93. The van der Waals surface area contributed by atoms with Gasteiger partial charge in [0.1, 0.15) is 6.10 Å². The molecule has 1 amide bonds. The highest BCUT2D eigenvalue weighted by Gasteiger charge is 2.33. The van der Waals surface area contributed by atoms with Crippen molar-refractivity contribution in [2.45, 2.75) is 24.8 Å². The van der Waals surface area contributed by atoms with E-state index in [1.54, 1.807) is 30.9 Å². The van der Waals surface area contributed by atoms with Crippen LogP contribution < -0.4 is 4.74 Å². The zero-order valence-electron chi connectivity index (χ0n) is 17.6. The van der Waals surface area contributed by atoms with Gasteiger partial charge in [0.2, 0.25) is 15.9 Å². The Morgan fingerprint density at radius 2 is 1.71 bits per heavy atom. The van der Waals surface area contributed by atoms with Crippen LogP contribution in [-0.2, 0) is 10.0 Å². The number of sulfonamides is 1. The lowest BCUT2D eigenvalue weighted by molar-refractivity contribution is 0.0161. The molecule has 0 aliphatic carbocycles. The first-order valence-corrected chi connectivity index (χ1v) is 11.8. The second-order valence-corrected chi connectivity index (χ2v) is 9.34. The summed E-state index contributed by atoms with van der Waals surface area (Å²) in [6, 6.07) is 17.7. The fourth-order valence-corrected chi connectivity index (χ4v) is 5.08. The lowest BCUT2D eigenvalue weighted by Crippen LogP contribution is -2.56. The minimum Gasteiger partial charge on any atom is -0.471 e. The predicted octanol–water partition coefficient (Wildman–Crippen LogP) is 3.17. The lowest BCUT2D eigenvalue weighted by atomic mass is 10.1. The monoisotopic (exact) mass is 439 g/mol. The SMILES string of the molecule is CCN(CC)S(=O)(=O)c1ccc(C(=O)N2CC(Oc3ccc4ccccc4n3)C2)cc1. The number of likely N-dealkylation sites (tertiary alicyclic amines) is 1. The topological polar surface area (TPSA) is 79.8 Å². The van der Waals surface area contributed by atoms with Gasteiger partial charge in [-0.15, -0.1) is 0 Å². The molecule has 3 aromatic rings. The maximum atomic E-state index is 12.7. The van der Waals surface area contributed by atoms with Gasteiger partial charge in [-0.1, -0.05) is 32.0 Å². The number of ether oxygens (including phenoxy) is 1. The highest BCUT2D eigenvalue weighted by atomic mass is 32.2. The van der Waals surface area contributed by atoms with Crippen molar-refractivity contribution in [3.63, 3.8) is 0 Å². The second-order valence-electron chi connectivity index (χ2n) is 7.41. The third-order valence-corrected chi connectivity index (χ3v) is 7.50. The first kappa shape index (κ1) is 21.3. The summed E-state index contributed by atoms with van der Waals surface area (Å²) in [5.74, 6) is 0.403. The molecule has 31 heavy (non-hydrogen) atoms. The molecule has 8 heteroatoms. The highest BCUT2D eigenvalue weighted by Crippen LogP contribution is 2.22. The van der Waals surface area contributed by atoms with Crippen LogP contribution in [0.3, 0.4) is 0 Å². The zero-order chi connectivity index (χ0) is 22.0. The summed E-state index contributed by atoms with van der Waals surface area (Å²) in [6.45, 7) is 5.34. The molecular formula is C23H25N3O4S. The van der Waals surface area contributed by atoms with E-state index in [9.17, 15) is 13.2 Å². The van der Waals surface area contributed by atoms with Crippen LogP contribution in [0.1, 0.15) is 24.2 Å². The summed E-state index contributed by atoms with van der Waals surface area (Å²) in [5.41, 5.74) is 1.33. The molecule has 2 aromatic carbocycles. The highest BCUT2D eigenvalue weighted by molar-refractivity contribution is 7.89. The van der Waals surface area contributed by atoms with E-state index in [-0.39, 0.29) is 16.9 Å². The Morgan fingerprint density at radius 1 is 1.03 bits per heavy atom. The van der Waals surface area contributed by atoms with Gasteiger partial charge in [-0.3, -0.25) is 4.79 Å².